The van der Waals surface area contributed by atoms with Crippen molar-refractivity contribution in [2.75, 3.05) is 20.8 Å². The van der Waals surface area contributed by atoms with E-state index in [-0.39, 0.29) is 18.4 Å². The molecular formula is C23H43N3O6SSi. The van der Waals surface area contributed by atoms with E-state index in [4.69, 9.17) is 9.47 Å². The van der Waals surface area contributed by atoms with Crippen LogP contribution in [0.1, 0.15) is 58.2 Å². The van der Waals surface area contributed by atoms with Gasteiger partial charge in [-0.1, -0.05) is 19.6 Å². The van der Waals surface area contributed by atoms with Crippen molar-refractivity contribution in [2.45, 2.75) is 96.1 Å². The first kappa shape index (κ1) is 30.6. The Morgan fingerprint density at radius 2 is 1.88 bits per heavy atom. The Morgan fingerprint density at radius 3 is 2.38 bits per heavy atom. The number of aromatic nitrogens is 2. The molecule has 1 heterocycles. The van der Waals surface area contributed by atoms with E-state index in [9.17, 15) is 14.1 Å². The molecular weight excluding hydrogens is 474 g/mol. The summed E-state index contributed by atoms with van der Waals surface area (Å²) in [5.41, 5.74) is 1.24. The largest absolute Gasteiger partial charge is 0.598 e. The third kappa shape index (κ3) is 9.69. The maximum absolute atomic E-state index is 12.9. The molecule has 2 atom stereocenters. The van der Waals surface area contributed by atoms with Crippen LogP contribution in [-0.2, 0) is 53.9 Å². The molecule has 9 nitrogen and oxygen atoms in total. The van der Waals surface area contributed by atoms with E-state index < -0.39 is 29.7 Å². The molecule has 0 radical (unpaired) electrons. The lowest BCUT2D eigenvalue weighted by molar-refractivity contribution is -0.142. The van der Waals surface area contributed by atoms with Gasteiger partial charge in [-0.05, 0) is 46.1 Å². The lowest BCUT2D eigenvalue weighted by atomic mass is 9.78. The molecule has 0 fully saturated rings. The van der Waals surface area contributed by atoms with Crippen molar-refractivity contribution in [3.05, 3.63) is 17.5 Å². The highest BCUT2D eigenvalue weighted by atomic mass is 32.2. The third-order valence-electron chi connectivity index (χ3n) is 5.50. The van der Waals surface area contributed by atoms with Gasteiger partial charge < -0.3 is 18.8 Å². The number of esters is 2. The second-order valence-electron chi connectivity index (χ2n) is 10.7. The van der Waals surface area contributed by atoms with E-state index in [1.165, 1.54) is 21.1 Å². The van der Waals surface area contributed by atoms with E-state index >= 15 is 0 Å². The summed E-state index contributed by atoms with van der Waals surface area (Å²) in [6, 6.07) is 1.11. The number of carbonyl (C=O) groups excluding carboxylic acids is 2. The van der Waals surface area contributed by atoms with Crippen molar-refractivity contribution in [1.29, 1.82) is 0 Å². The predicted octanol–water partition coefficient (Wildman–Crippen LogP) is 3.52. The Hall–Kier alpha value is -1.40. The van der Waals surface area contributed by atoms with Crippen LogP contribution in [0, 0.1) is 0 Å². The van der Waals surface area contributed by atoms with Crippen molar-refractivity contribution >= 4 is 31.4 Å². The lowest BCUT2D eigenvalue weighted by Crippen LogP contribution is -2.53. The third-order valence-corrected chi connectivity index (χ3v) is 8.89. The first-order chi connectivity index (χ1) is 15.6. The van der Waals surface area contributed by atoms with E-state index in [2.05, 4.69) is 34.2 Å². The second kappa shape index (κ2) is 13.1. The Labute approximate surface area is 208 Å². The molecule has 0 saturated carbocycles. The summed E-state index contributed by atoms with van der Waals surface area (Å²) in [5, 5.41) is 4.54. The molecule has 1 aliphatic rings. The Balaban J connectivity index is 0.00000104. The highest BCUT2D eigenvalue weighted by molar-refractivity contribution is 7.90. The van der Waals surface area contributed by atoms with Gasteiger partial charge in [0.15, 0.2) is 0 Å². The smallest absolute Gasteiger partial charge is 0.307 e. The van der Waals surface area contributed by atoms with Crippen LogP contribution in [0.2, 0.25) is 25.7 Å². The number of hydrogen-bond acceptors (Lipinski definition) is 8. The van der Waals surface area contributed by atoms with Gasteiger partial charge in [-0.25, -0.2) is 4.68 Å². The topological polar surface area (TPSA) is 115 Å². The molecule has 1 aromatic heterocycles. The minimum Gasteiger partial charge on any atom is -0.598 e. The highest BCUT2D eigenvalue weighted by Gasteiger charge is 2.46. The molecule has 0 unspecified atom stereocenters. The molecule has 0 aromatic carbocycles. The molecule has 0 amide bonds. The average Bonchev–Trinajstić information content (AvgIpc) is 3.14. The number of rotatable bonds is 9. The average molecular weight is 518 g/mol. The molecule has 1 aromatic rings. The SMILES string of the molecule is COC(=O)C[C@@]1(N[S@+]([O-])C(C)(C)C)CCCc2c1cnn2COCC[Si](C)(C)C.COC(C)=O. The molecule has 0 spiro atoms. The first-order valence-electron chi connectivity index (χ1n) is 11.6. The van der Waals surface area contributed by atoms with Gasteiger partial charge in [-0.3, -0.25) is 9.59 Å². The minimum atomic E-state index is -1.33. The van der Waals surface area contributed by atoms with Crippen LogP contribution in [0.4, 0.5) is 0 Å². The molecule has 34 heavy (non-hydrogen) atoms. The predicted molar refractivity (Wildman–Crippen MR) is 136 cm³/mol. The van der Waals surface area contributed by atoms with Gasteiger partial charge in [-0.15, -0.1) is 4.72 Å². The second-order valence-corrected chi connectivity index (χ2v) is 18.3. The Morgan fingerprint density at radius 1 is 1.26 bits per heavy atom. The van der Waals surface area contributed by atoms with Crippen LogP contribution in [0.3, 0.4) is 0 Å². The van der Waals surface area contributed by atoms with Gasteiger partial charge in [0.25, 0.3) is 0 Å². The zero-order valence-corrected chi connectivity index (χ0v) is 24.1. The molecule has 2 rings (SSSR count). The molecule has 1 aliphatic carbocycles. The summed E-state index contributed by atoms with van der Waals surface area (Å²) in [6.45, 7) is 15.2. The van der Waals surface area contributed by atoms with Crippen LogP contribution in [0.15, 0.2) is 6.20 Å². The fourth-order valence-corrected chi connectivity index (χ4v) is 5.08. The zero-order chi connectivity index (χ0) is 26.2. The van der Waals surface area contributed by atoms with Gasteiger partial charge in [0.05, 0.1) is 26.8 Å². The van der Waals surface area contributed by atoms with Crippen molar-refractivity contribution in [1.82, 2.24) is 14.5 Å². The van der Waals surface area contributed by atoms with Gasteiger partial charge in [0.1, 0.15) is 17.0 Å². The zero-order valence-electron chi connectivity index (χ0n) is 22.3. The summed E-state index contributed by atoms with van der Waals surface area (Å²) < 4.78 is 32.6. The van der Waals surface area contributed by atoms with Crippen molar-refractivity contribution in [3.8, 4) is 0 Å². The number of nitrogens with one attached hydrogen (secondary N) is 1. The molecule has 0 bridgehead atoms. The van der Waals surface area contributed by atoms with Crippen LogP contribution in [0.25, 0.3) is 0 Å². The molecule has 0 saturated heterocycles. The van der Waals surface area contributed by atoms with Crippen molar-refractivity contribution in [2.24, 2.45) is 0 Å². The number of carbonyl (C=O) groups is 2. The van der Waals surface area contributed by atoms with E-state index in [1.54, 1.807) is 6.20 Å². The fourth-order valence-electron chi connectivity index (χ4n) is 3.38. The van der Waals surface area contributed by atoms with Crippen LogP contribution in [0.5, 0.6) is 0 Å². The minimum absolute atomic E-state index is 0.125. The normalized spacial score (nSPS) is 18.9. The van der Waals surface area contributed by atoms with Crippen molar-refractivity contribution in [3.63, 3.8) is 0 Å². The summed E-state index contributed by atoms with van der Waals surface area (Å²) in [4.78, 5) is 21.8. The molecule has 0 aliphatic heterocycles. The number of hydrogen-bond donors (Lipinski definition) is 1. The monoisotopic (exact) mass is 517 g/mol. The van der Waals surface area contributed by atoms with E-state index in [0.29, 0.717) is 13.2 Å². The maximum Gasteiger partial charge on any atom is 0.307 e. The van der Waals surface area contributed by atoms with E-state index in [0.717, 1.165) is 36.8 Å². The maximum atomic E-state index is 12.9. The lowest BCUT2D eigenvalue weighted by Gasteiger charge is -2.39. The summed E-state index contributed by atoms with van der Waals surface area (Å²) in [7, 11) is 1.60. The van der Waals surface area contributed by atoms with Gasteiger partial charge in [-0.2, -0.15) is 5.10 Å². The standard InChI is InChI=1S/C20H37N3O4SSi.C3H6O2/c1-19(2,3)28(25)22-20(13-18(24)26-4)10-8-9-17-16(20)14-21-23(17)15-27-11-12-29(5,6)7;1-3(4)5-2/h14,22H,8-13,15H2,1-7H3;1-2H3/t20-,28+;/m0./s1. The molecule has 1 N–H and O–H groups in total. The van der Waals surface area contributed by atoms with Gasteiger partial charge >= 0.3 is 11.9 Å². The van der Waals surface area contributed by atoms with Crippen LogP contribution < -0.4 is 4.72 Å². The molecule has 196 valence electrons. The number of methoxy groups -OCH3 is 2. The summed E-state index contributed by atoms with van der Waals surface area (Å²) in [6.07, 6.45) is 4.37. The Kier molecular flexibility index (Phi) is 11.8. The van der Waals surface area contributed by atoms with Crippen molar-refractivity contribution < 1.29 is 28.4 Å². The summed E-state index contributed by atoms with van der Waals surface area (Å²) >= 11 is -1.33. The Bertz CT molecular complexity index is 806. The number of nitrogens with zero attached hydrogens (tertiary/aromatic N) is 2. The van der Waals surface area contributed by atoms with Crippen LogP contribution >= 0.6 is 0 Å². The summed E-state index contributed by atoms with van der Waals surface area (Å²) in [5.74, 6) is -0.569. The number of fused-ring (bicyclic) bond motifs is 1. The highest BCUT2D eigenvalue weighted by Crippen LogP contribution is 2.40. The van der Waals surface area contributed by atoms with Crippen LogP contribution in [-0.4, -0.2) is 59.9 Å². The van der Waals surface area contributed by atoms with Gasteiger partial charge in [0, 0.05) is 44.2 Å². The molecule has 11 heteroatoms. The van der Waals surface area contributed by atoms with E-state index in [1.807, 2.05) is 25.5 Å². The van der Waals surface area contributed by atoms with Gasteiger partial charge in [0.2, 0.25) is 0 Å². The fraction of sp³-hybridized carbons (Fsp3) is 0.783. The number of ether oxygens (including phenoxy) is 3. The first-order valence-corrected chi connectivity index (χ1v) is 16.4. The quantitative estimate of drug-likeness (QED) is 0.229.